The van der Waals surface area contributed by atoms with E-state index in [4.69, 9.17) is 26.2 Å². The monoisotopic (exact) mass is 320 g/mol. The number of ether oxygens (including phenoxy) is 2. The van der Waals surface area contributed by atoms with Crippen molar-refractivity contribution >= 4 is 23.5 Å². The number of carboxylic acid groups (broad SMARTS) is 1. The smallest absolute Gasteiger partial charge is 0.349 e. The minimum atomic E-state index is -1.09. The molecular weight excluding hydrogens is 308 g/mol. The van der Waals surface area contributed by atoms with E-state index in [1.165, 1.54) is 24.3 Å². The lowest BCUT2D eigenvalue weighted by Crippen LogP contribution is -2.18. The van der Waals surface area contributed by atoms with Gasteiger partial charge in [-0.3, -0.25) is 0 Å². The van der Waals surface area contributed by atoms with Crippen LogP contribution in [0.5, 0.6) is 11.5 Å². The third-order valence-corrected chi connectivity index (χ3v) is 3.03. The molecule has 0 heterocycles. The van der Waals surface area contributed by atoms with E-state index in [0.717, 1.165) is 5.56 Å². The highest BCUT2D eigenvalue weighted by Gasteiger charge is 2.10. The van der Waals surface area contributed by atoms with Crippen molar-refractivity contribution in [3.05, 3.63) is 58.6 Å². The molecule has 22 heavy (non-hydrogen) atoms. The molecule has 2 aromatic rings. The zero-order valence-electron chi connectivity index (χ0n) is 11.7. The van der Waals surface area contributed by atoms with E-state index < -0.39 is 11.9 Å². The van der Waals surface area contributed by atoms with Crippen LogP contribution < -0.4 is 9.47 Å². The van der Waals surface area contributed by atoms with Crippen LogP contribution in [0.2, 0.25) is 5.02 Å². The second-order valence-corrected chi connectivity index (χ2v) is 4.94. The first-order valence-corrected chi connectivity index (χ1v) is 6.76. The normalized spacial score (nSPS) is 10.1. The van der Waals surface area contributed by atoms with E-state index in [0.29, 0.717) is 10.8 Å². The third-order valence-electron chi connectivity index (χ3n) is 2.80. The number of rotatable bonds is 5. The number of halogens is 1. The van der Waals surface area contributed by atoms with Gasteiger partial charge in [0.1, 0.15) is 11.5 Å². The Hall–Kier alpha value is -2.53. The zero-order valence-corrected chi connectivity index (χ0v) is 12.5. The molecule has 6 heteroatoms. The van der Waals surface area contributed by atoms with Crippen molar-refractivity contribution in [2.24, 2.45) is 0 Å². The summed E-state index contributed by atoms with van der Waals surface area (Å²) in [5, 5.41) is 9.45. The minimum Gasteiger partial charge on any atom is -0.482 e. The Labute approximate surface area is 132 Å². The van der Waals surface area contributed by atoms with Gasteiger partial charge >= 0.3 is 11.9 Å². The Balaban J connectivity index is 1.95. The van der Waals surface area contributed by atoms with Crippen LogP contribution in [0.1, 0.15) is 15.9 Å². The molecule has 5 nitrogen and oxygen atoms in total. The molecule has 0 bridgehead atoms. The first-order valence-electron chi connectivity index (χ1n) is 6.38. The highest BCUT2D eigenvalue weighted by Crippen LogP contribution is 2.22. The average Bonchev–Trinajstić information content (AvgIpc) is 2.46. The lowest BCUT2D eigenvalue weighted by Gasteiger charge is -2.09. The van der Waals surface area contributed by atoms with Gasteiger partial charge in [0.05, 0.1) is 5.56 Å². The van der Waals surface area contributed by atoms with Crippen LogP contribution in [-0.2, 0) is 4.79 Å². The summed E-state index contributed by atoms with van der Waals surface area (Å²) in [6.07, 6.45) is 0. The van der Waals surface area contributed by atoms with Crippen LogP contribution in [0.25, 0.3) is 0 Å². The van der Waals surface area contributed by atoms with Crippen molar-refractivity contribution in [2.45, 2.75) is 6.92 Å². The van der Waals surface area contributed by atoms with Gasteiger partial charge in [-0.05, 0) is 48.9 Å². The fraction of sp³-hybridized carbons (Fsp3) is 0.125. The molecule has 0 atom stereocenters. The summed E-state index contributed by atoms with van der Waals surface area (Å²) in [6.45, 7) is 1.52. The van der Waals surface area contributed by atoms with Crippen LogP contribution in [0.15, 0.2) is 42.5 Å². The maximum absolute atomic E-state index is 11.7. The van der Waals surface area contributed by atoms with Gasteiger partial charge < -0.3 is 14.6 Å². The lowest BCUT2D eigenvalue weighted by molar-refractivity contribution is -0.136. The summed E-state index contributed by atoms with van der Waals surface area (Å²) < 4.78 is 10.4. The van der Waals surface area contributed by atoms with Crippen LogP contribution in [0.3, 0.4) is 0 Å². The van der Waals surface area contributed by atoms with Crippen LogP contribution in [0.4, 0.5) is 0 Å². The number of esters is 1. The molecule has 0 aliphatic rings. The molecule has 0 aliphatic carbocycles. The second-order valence-electron chi connectivity index (χ2n) is 4.51. The standard InChI is InChI=1S/C16H13ClO5/c1-10-7-12(17)5-6-14(10)21-9-15(18)22-13-4-2-3-11(8-13)16(19)20/h2-8H,9H2,1H3,(H,19,20). The SMILES string of the molecule is Cc1cc(Cl)ccc1OCC(=O)Oc1cccc(C(=O)O)c1. The summed E-state index contributed by atoms with van der Waals surface area (Å²) in [5.74, 6) is -1.04. The molecule has 0 spiro atoms. The van der Waals surface area contributed by atoms with Crippen molar-refractivity contribution in [1.29, 1.82) is 0 Å². The summed E-state index contributed by atoms with van der Waals surface area (Å²) in [7, 11) is 0. The molecule has 2 aromatic carbocycles. The Morgan fingerprint density at radius 2 is 1.95 bits per heavy atom. The molecule has 0 unspecified atom stereocenters. The summed E-state index contributed by atoms with van der Waals surface area (Å²) in [6, 6.07) is 10.7. The molecule has 0 amide bonds. The third kappa shape index (κ3) is 4.23. The fourth-order valence-electron chi connectivity index (χ4n) is 1.76. The van der Waals surface area contributed by atoms with Crippen LogP contribution >= 0.6 is 11.6 Å². The van der Waals surface area contributed by atoms with E-state index in [2.05, 4.69) is 0 Å². The van der Waals surface area contributed by atoms with Gasteiger partial charge in [-0.1, -0.05) is 17.7 Å². The summed E-state index contributed by atoms with van der Waals surface area (Å²) >= 11 is 5.83. The van der Waals surface area contributed by atoms with Gasteiger partial charge in [0, 0.05) is 5.02 Å². The topological polar surface area (TPSA) is 72.8 Å². The van der Waals surface area contributed by atoms with Crippen molar-refractivity contribution < 1.29 is 24.2 Å². The first-order chi connectivity index (χ1) is 10.5. The fourth-order valence-corrected chi connectivity index (χ4v) is 1.99. The van der Waals surface area contributed by atoms with Gasteiger partial charge in [0.15, 0.2) is 6.61 Å². The van der Waals surface area contributed by atoms with Crippen molar-refractivity contribution in [1.82, 2.24) is 0 Å². The highest BCUT2D eigenvalue weighted by molar-refractivity contribution is 6.30. The molecular formula is C16H13ClO5. The quantitative estimate of drug-likeness (QED) is 0.675. The number of carbonyl (C=O) groups excluding carboxylic acids is 1. The molecule has 0 aromatic heterocycles. The van der Waals surface area contributed by atoms with Crippen molar-refractivity contribution in [2.75, 3.05) is 6.61 Å². The van der Waals surface area contributed by atoms with Gasteiger partial charge in [-0.25, -0.2) is 9.59 Å². The summed E-state index contributed by atoms with van der Waals surface area (Å²) in [5.41, 5.74) is 0.841. The molecule has 0 saturated heterocycles. The highest BCUT2D eigenvalue weighted by atomic mass is 35.5. The lowest BCUT2D eigenvalue weighted by atomic mass is 10.2. The number of hydrogen-bond donors (Lipinski definition) is 1. The van der Waals surface area contributed by atoms with E-state index in [1.54, 1.807) is 18.2 Å². The Morgan fingerprint density at radius 3 is 2.64 bits per heavy atom. The second kappa shape index (κ2) is 6.95. The van der Waals surface area contributed by atoms with Crippen LogP contribution in [0, 0.1) is 6.92 Å². The molecule has 0 aliphatic heterocycles. The molecule has 114 valence electrons. The Kier molecular flexibility index (Phi) is 5.01. The van der Waals surface area contributed by atoms with Gasteiger partial charge in [0.2, 0.25) is 0 Å². The predicted octanol–water partition coefficient (Wildman–Crippen LogP) is 3.33. The molecule has 2 rings (SSSR count). The largest absolute Gasteiger partial charge is 0.482 e. The van der Waals surface area contributed by atoms with Gasteiger partial charge in [0.25, 0.3) is 0 Å². The Bertz CT molecular complexity index is 711. The average molecular weight is 321 g/mol. The van der Waals surface area contributed by atoms with E-state index >= 15 is 0 Å². The van der Waals surface area contributed by atoms with Crippen molar-refractivity contribution in [3.8, 4) is 11.5 Å². The van der Waals surface area contributed by atoms with Gasteiger partial charge in [-0.15, -0.1) is 0 Å². The number of hydrogen-bond acceptors (Lipinski definition) is 4. The molecule has 1 N–H and O–H groups in total. The molecule has 0 radical (unpaired) electrons. The molecule has 0 saturated carbocycles. The number of carbonyl (C=O) groups is 2. The maximum Gasteiger partial charge on any atom is 0.349 e. The number of carboxylic acids is 1. The van der Waals surface area contributed by atoms with E-state index in [1.807, 2.05) is 6.92 Å². The number of aromatic carboxylic acids is 1. The zero-order chi connectivity index (χ0) is 16.1. The van der Waals surface area contributed by atoms with Crippen molar-refractivity contribution in [3.63, 3.8) is 0 Å². The van der Waals surface area contributed by atoms with E-state index in [9.17, 15) is 9.59 Å². The first kappa shape index (κ1) is 15.9. The van der Waals surface area contributed by atoms with Gasteiger partial charge in [-0.2, -0.15) is 0 Å². The Morgan fingerprint density at radius 1 is 1.18 bits per heavy atom. The summed E-state index contributed by atoms with van der Waals surface area (Å²) in [4.78, 5) is 22.6. The maximum atomic E-state index is 11.7. The number of benzene rings is 2. The minimum absolute atomic E-state index is 0.0414. The molecule has 0 fully saturated rings. The predicted molar refractivity (Wildman–Crippen MR) is 80.7 cm³/mol. The number of aryl methyl sites for hydroxylation is 1. The van der Waals surface area contributed by atoms with E-state index in [-0.39, 0.29) is 17.9 Å². The van der Waals surface area contributed by atoms with Crippen LogP contribution in [-0.4, -0.2) is 23.7 Å².